The second-order valence-corrected chi connectivity index (χ2v) is 6.53. The van der Waals surface area contributed by atoms with Crippen LogP contribution in [0.1, 0.15) is 25.3 Å². The van der Waals surface area contributed by atoms with Gasteiger partial charge in [-0.15, -0.1) is 0 Å². The van der Waals surface area contributed by atoms with Crippen molar-refractivity contribution in [2.45, 2.75) is 39.0 Å². The zero-order valence-corrected chi connectivity index (χ0v) is 14.9. The number of carbonyl (C=O) groups is 1. The number of hydrogen-bond acceptors (Lipinski definition) is 4. The topological polar surface area (TPSA) is 53.0 Å². The van der Waals surface area contributed by atoms with Gasteiger partial charge in [-0.05, 0) is 50.7 Å². The second kappa shape index (κ2) is 9.31. The van der Waals surface area contributed by atoms with E-state index in [0.29, 0.717) is 23.7 Å². The third-order valence-electron chi connectivity index (χ3n) is 4.45. The summed E-state index contributed by atoms with van der Waals surface area (Å²) in [6, 6.07) is 4.87. The number of nitrogens with zero attached hydrogens (tertiary/aromatic N) is 2. The van der Waals surface area contributed by atoms with Crippen molar-refractivity contribution in [3.63, 3.8) is 0 Å². The molecule has 0 aliphatic carbocycles. The van der Waals surface area contributed by atoms with Crippen molar-refractivity contribution in [1.29, 1.82) is 0 Å². The van der Waals surface area contributed by atoms with Crippen LogP contribution >= 0.6 is 11.6 Å². The van der Waals surface area contributed by atoms with E-state index in [4.69, 9.17) is 16.7 Å². The number of aliphatic carboxylic acids is 1. The predicted octanol–water partition coefficient (Wildman–Crippen LogP) is 3.31. The normalized spacial score (nSPS) is 16.6. The van der Waals surface area contributed by atoms with Gasteiger partial charge in [-0.25, -0.2) is 0 Å². The lowest BCUT2D eigenvalue weighted by atomic mass is 10.0. The van der Waals surface area contributed by atoms with E-state index in [9.17, 15) is 13.6 Å². The number of carboxylic acids is 1. The molecule has 1 aromatic carbocycles. The third kappa shape index (κ3) is 6.09. The van der Waals surface area contributed by atoms with E-state index in [1.165, 1.54) is 12.1 Å². The van der Waals surface area contributed by atoms with E-state index in [1.807, 2.05) is 11.8 Å². The van der Waals surface area contributed by atoms with Crippen molar-refractivity contribution in [2.75, 3.05) is 26.2 Å². The molecule has 1 saturated heterocycles. The van der Waals surface area contributed by atoms with Crippen molar-refractivity contribution >= 4 is 17.6 Å². The molecule has 1 N–H and O–H groups in total. The zero-order chi connectivity index (χ0) is 18.4. The van der Waals surface area contributed by atoms with E-state index in [0.717, 1.165) is 25.9 Å². The van der Waals surface area contributed by atoms with E-state index in [1.54, 1.807) is 6.07 Å². The van der Waals surface area contributed by atoms with Crippen LogP contribution in [-0.4, -0.2) is 59.7 Å². The number of likely N-dealkylation sites (tertiary alicyclic amines) is 1. The lowest BCUT2D eigenvalue weighted by molar-refractivity contribution is -0.139. The Balaban J connectivity index is 1.95. The quantitative estimate of drug-likeness (QED) is 0.754. The van der Waals surface area contributed by atoms with Crippen LogP contribution in [0.4, 0.5) is 8.78 Å². The van der Waals surface area contributed by atoms with E-state index >= 15 is 0 Å². The Kier molecular flexibility index (Phi) is 7.40. The monoisotopic (exact) mass is 376 g/mol. The van der Waals surface area contributed by atoms with Crippen LogP contribution in [0.5, 0.6) is 5.75 Å². The third-order valence-corrected chi connectivity index (χ3v) is 4.69. The standard InChI is InChI=1S/C17H23ClF2N2O3/c1-2-22(11-16(23)24)14-5-7-21(8-6-14)10-12-9-13(18)3-4-15(12)25-17(19)20/h3-4,9,14,17H,2,5-8,10-11H2,1H3,(H,23,24). The van der Waals surface area contributed by atoms with Gasteiger partial charge in [0, 0.05) is 23.2 Å². The minimum atomic E-state index is -2.88. The van der Waals surface area contributed by atoms with Crippen molar-refractivity contribution in [3.8, 4) is 5.75 Å². The summed E-state index contributed by atoms with van der Waals surface area (Å²) in [5.41, 5.74) is 0.629. The smallest absolute Gasteiger partial charge is 0.387 e. The second-order valence-electron chi connectivity index (χ2n) is 6.09. The molecule has 0 unspecified atom stereocenters. The minimum absolute atomic E-state index is 0.0435. The Morgan fingerprint density at radius 1 is 1.44 bits per heavy atom. The Morgan fingerprint density at radius 3 is 2.68 bits per heavy atom. The number of hydrogen-bond donors (Lipinski definition) is 1. The fourth-order valence-corrected chi connectivity index (χ4v) is 3.43. The van der Waals surface area contributed by atoms with Crippen molar-refractivity contribution in [3.05, 3.63) is 28.8 Å². The molecule has 5 nitrogen and oxygen atoms in total. The number of alkyl halides is 2. The van der Waals surface area contributed by atoms with Gasteiger partial charge in [0.05, 0.1) is 6.54 Å². The van der Waals surface area contributed by atoms with Crippen molar-refractivity contribution < 1.29 is 23.4 Å². The lowest BCUT2D eigenvalue weighted by Crippen LogP contribution is -2.46. The summed E-state index contributed by atoms with van der Waals surface area (Å²) in [5.74, 6) is -0.681. The van der Waals surface area contributed by atoms with Crippen LogP contribution < -0.4 is 4.74 Å². The Morgan fingerprint density at radius 2 is 2.12 bits per heavy atom. The lowest BCUT2D eigenvalue weighted by Gasteiger charge is -2.37. The maximum Gasteiger partial charge on any atom is 0.387 e. The molecule has 1 fully saturated rings. The zero-order valence-electron chi connectivity index (χ0n) is 14.1. The molecule has 2 rings (SSSR count). The molecule has 0 radical (unpaired) electrons. The summed E-state index contributed by atoms with van der Waals surface area (Å²) >= 11 is 5.98. The van der Waals surface area contributed by atoms with Gasteiger partial charge in [-0.1, -0.05) is 18.5 Å². The van der Waals surface area contributed by atoms with Crippen LogP contribution in [0.2, 0.25) is 5.02 Å². The van der Waals surface area contributed by atoms with Crippen molar-refractivity contribution in [1.82, 2.24) is 9.80 Å². The van der Waals surface area contributed by atoms with E-state index in [2.05, 4.69) is 9.64 Å². The highest BCUT2D eigenvalue weighted by Gasteiger charge is 2.25. The first-order chi connectivity index (χ1) is 11.9. The minimum Gasteiger partial charge on any atom is -0.480 e. The molecule has 0 aromatic heterocycles. The molecule has 0 amide bonds. The fourth-order valence-electron chi connectivity index (χ4n) is 3.24. The Bertz CT molecular complexity index is 581. The molecule has 0 spiro atoms. The van der Waals surface area contributed by atoms with Gasteiger partial charge in [0.1, 0.15) is 5.75 Å². The average Bonchev–Trinajstić information content (AvgIpc) is 2.55. The number of halogens is 3. The summed E-state index contributed by atoms with van der Waals surface area (Å²) in [4.78, 5) is 15.0. The van der Waals surface area contributed by atoms with Gasteiger partial charge in [0.25, 0.3) is 0 Å². The van der Waals surface area contributed by atoms with Gasteiger partial charge in [-0.2, -0.15) is 8.78 Å². The fraction of sp³-hybridized carbons (Fsp3) is 0.588. The number of rotatable bonds is 8. The van der Waals surface area contributed by atoms with Crippen LogP contribution in [0, 0.1) is 0 Å². The number of benzene rings is 1. The Labute approximate surface area is 151 Å². The predicted molar refractivity (Wildman–Crippen MR) is 91.3 cm³/mol. The van der Waals surface area contributed by atoms with Crippen LogP contribution in [0.3, 0.4) is 0 Å². The van der Waals surface area contributed by atoms with Gasteiger partial charge in [-0.3, -0.25) is 14.6 Å². The summed E-state index contributed by atoms with van der Waals surface area (Å²) in [7, 11) is 0. The number of likely N-dealkylation sites (N-methyl/N-ethyl adjacent to an activating group) is 1. The summed E-state index contributed by atoms with van der Waals surface area (Å²) < 4.78 is 29.7. The van der Waals surface area contributed by atoms with Crippen LogP contribution in [0.15, 0.2) is 18.2 Å². The largest absolute Gasteiger partial charge is 0.480 e. The molecule has 1 aliphatic heterocycles. The molecule has 0 saturated carbocycles. The van der Waals surface area contributed by atoms with E-state index in [-0.39, 0.29) is 18.3 Å². The first kappa shape index (κ1) is 19.9. The molecular weight excluding hydrogens is 354 g/mol. The highest BCUT2D eigenvalue weighted by atomic mass is 35.5. The molecule has 140 valence electrons. The SMILES string of the molecule is CCN(CC(=O)O)C1CCN(Cc2cc(Cl)ccc2OC(F)F)CC1. The molecule has 1 aromatic rings. The molecule has 0 atom stereocenters. The molecular formula is C17H23ClF2N2O3. The Hall–Kier alpha value is -1.44. The molecule has 1 heterocycles. The van der Waals surface area contributed by atoms with Crippen LogP contribution in [-0.2, 0) is 11.3 Å². The van der Waals surface area contributed by atoms with Gasteiger partial charge >= 0.3 is 12.6 Å². The van der Waals surface area contributed by atoms with E-state index < -0.39 is 12.6 Å². The summed E-state index contributed by atoms with van der Waals surface area (Å²) in [5, 5.41) is 9.46. The number of piperidine rings is 1. The maximum absolute atomic E-state index is 12.5. The molecule has 0 bridgehead atoms. The molecule has 25 heavy (non-hydrogen) atoms. The highest BCUT2D eigenvalue weighted by Crippen LogP contribution is 2.27. The number of ether oxygens (including phenoxy) is 1. The molecule has 8 heteroatoms. The number of carboxylic acid groups (broad SMARTS) is 1. The average molecular weight is 377 g/mol. The van der Waals surface area contributed by atoms with Crippen molar-refractivity contribution in [2.24, 2.45) is 0 Å². The van der Waals surface area contributed by atoms with Gasteiger partial charge < -0.3 is 9.84 Å². The van der Waals surface area contributed by atoms with Gasteiger partial charge in [0.15, 0.2) is 0 Å². The summed E-state index contributed by atoms with van der Waals surface area (Å²) in [6.45, 7) is 1.82. The van der Waals surface area contributed by atoms with Gasteiger partial charge in [0.2, 0.25) is 0 Å². The first-order valence-electron chi connectivity index (χ1n) is 8.30. The highest BCUT2D eigenvalue weighted by molar-refractivity contribution is 6.30. The maximum atomic E-state index is 12.5. The first-order valence-corrected chi connectivity index (χ1v) is 8.68. The molecule has 1 aliphatic rings. The summed E-state index contributed by atoms with van der Waals surface area (Å²) in [6.07, 6.45) is 1.68. The van der Waals surface area contributed by atoms with Crippen LogP contribution in [0.25, 0.3) is 0 Å².